The van der Waals surface area contributed by atoms with E-state index in [0.29, 0.717) is 0 Å². The van der Waals surface area contributed by atoms with E-state index in [1.807, 2.05) is 25.3 Å². The van der Waals surface area contributed by atoms with E-state index >= 15 is 0 Å². The average molecular weight is 165 g/mol. The molecule has 0 spiro atoms. The maximum Gasteiger partial charge on any atom is 0.0608 e. The van der Waals surface area contributed by atoms with E-state index in [1.165, 1.54) is 5.57 Å². The van der Waals surface area contributed by atoms with Crippen molar-refractivity contribution in [2.24, 2.45) is 4.99 Å². The Hall–Kier alpha value is -0.850. The lowest BCUT2D eigenvalue weighted by Gasteiger charge is -1.96. The first-order valence-electron chi connectivity index (χ1n) is 4.55. The van der Waals surface area contributed by atoms with Gasteiger partial charge >= 0.3 is 0 Å². The first kappa shape index (κ1) is 11.2. The number of rotatable bonds is 4. The predicted octanol–water partition coefficient (Wildman–Crippen LogP) is 3.73. The van der Waals surface area contributed by atoms with Gasteiger partial charge in [-0.1, -0.05) is 25.0 Å². The molecule has 0 saturated carbocycles. The number of allylic oxidation sites excluding steroid dienone is 3. The molecule has 0 rings (SSSR count). The molecule has 1 nitrogen and oxygen atoms in total. The van der Waals surface area contributed by atoms with Crippen LogP contribution in [-0.4, -0.2) is 6.21 Å². The predicted molar refractivity (Wildman–Crippen MR) is 56.6 cm³/mol. The Labute approximate surface area is 75.9 Å². The number of hydrogen-bond acceptors (Lipinski definition) is 1. The number of nitrogens with zero attached hydrogens (tertiary/aromatic N) is 1. The third-order valence-electron chi connectivity index (χ3n) is 1.48. The standard InChI is InChI=1S/C11H19N/c1-5-7-9-12-11(8-6-2)10(3)4/h6,8-9H,5,7H2,1-4H3. The molecular weight excluding hydrogens is 146 g/mol. The van der Waals surface area contributed by atoms with Crippen LogP contribution in [0.25, 0.3) is 0 Å². The van der Waals surface area contributed by atoms with E-state index in [9.17, 15) is 0 Å². The van der Waals surface area contributed by atoms with E-state index in [2.05, 4.69) is 25.8 Å². The zero-order valence-electron chi connectivity index (χ0n) is 8.59. The Morgan fingerprint density at radius 1 is 1.33 bits per heavy atom. The minimum atomic E-state index is 1.06. The molecule has 0 atom stereocenters. The Kier molecular flexibility index (Phi) is 6.35. The molecule has 0 aliphatic rings. The molecule has 0 radical (unpaired) electrons. The fourth-order valence-corrected chi connectivity index (χ4v) is 0.789. The van der Waals surface area contributed by atoms with Crippen LogP contribution in [0.2, 0.25) is 0 Å². The highest BCUT2D eigenvalue weighted by molar-refractivity contribution is 5.59. The topological polar surface area (TPSA) is 12.4 Å². The first-order valence-corrected chi connectivity index (χ1v) is 4.55. The van der Waals surface area contributed by atoms with Gasteiger partial charge in [0.25, 0.3) is 0 Å². The summed E-state index contributed by atoms with van der Waals surface area (Å²) < 4.78 is 0. The fourth-order valence-electron chi connectivity index (χ4n) is 0.789. The summed E-state index contributed by atoms with van der Waals surface area (Å²) in [5.74, 6) is 0. The molecule has 0 aliphatic heterocycles. The zero-order valence-corrected chi connectivity index (χ0v) is 8.59. The van der Waals surface area contributed by atoms with E-state index in [-0.39, 0.29) is 0 Å². The van der Waals surface area contributed by atoms with Crippen LogP contribution in [0.5, 0.6) is 0 Å². The van der Waals surface area contributed by atoms with E-state index in [1.54, 1.807) is 0 Å². The third-order valence-corrected chi connectivity index (χ3v) is 1.48. The maximum atomic E-state index is 4.37. The lowest BCUT2D eigenvalue weighted by atomic mass is 10.2. The highest BCUT2D eigenvalue weighted by Crippen LogP contribution is 2.06. The molecule has 0 amide bonds. The number of unbranched alkanes of at least 4 members (excludes halogenated alkanes) is 1. The van der Waals surface area contributed by atoms with E-state index in [0.717, 1.165) is 18.5 Å². The summed E-state index contributed by atoms with van der Waals surface area (Å²) in [5.41, 5.74) is 2.35. The van der Waals surface area contributed by atoms with Crippen LogP contribution >= 0.6 is 0 Å². The summed E-state index contributed by atoms with van der Waals surface area (Å²) in [7, 11) is 0. The second-order valence-electron chi connectivity index (χ2n) is 2.99. The van der Waals surface area contributed by atoms with Crippen LogP contribution in [0.1, 0.15) is 40.5 Å². The lowest BCUT2D eigenvalue weighted by Crippen LogP contribution is -1.79. The highest BCUT2D eigenvalue weighted by Gasteiger charge is 1.88. The smallest absolute Gasteiger partial charge is 0.0608 e. The van der Waals surface area contributed by atoms with Crippen molar-refractivity contribution in [3.8, 4) is 0 Å². The summed E-state index contributed by atoms with van der Waals surface area (Å²) in [4.78, 5) is 4.37. The van der Waals surface area contributed by atoms with Crippen LogP contribution < -0.4 is 0 Å². The van der Waals surface area contributed by atoms with Crippen molar-refractivity contribution < 1.29 is 0 Å². The molecule has 68 valence electrons. The first-order chi connectivity index (χ1) is 5.72. The normalized spacial score (nSPS) is 11.3. The van der Waals surface area contributed by atoms with Crippen molar-refractivity contribution in [2.45, 2.75) is 40.5 Å². The van der Waals surface area contributed by atoms with E-state index in [4.69, 9.17) is 0 Å². The van der Waals surface area contributed by atoms with Gasteiger partial charge in [-0.2, -0.15) is 0 Å². The molecule has 0 unspecified atom stereocenters. The Bertz CT molecular complexity index is 193. The molecule has 0 heterocycles. The minimum absolute atomic E-state index is 1.06. The highest BCUT2D eigenvalue weighted by atomic mass is 14.7. The minimum Gasteiger partial charge on any atom is -0.261 e. The zero-order chi connectivity index (χ0) is 9.40. The van der Waals surface area contributed by atoms with Crippen LogP contribution in [-0.2, 0) is 0 Å². The van der Waals surface area contributed by atoms with Gasteiger partial charge in [0, 0.05) is 6.21 Å². The van der Waals surface area contributed by atoms with Crippen molar-refractivity contribution >= 4 is 6.21 Å². The number of aliphatic imine (C=N–C) groups is 1. The summed E-state index contributed by atoms with van der Waals surface area (Å²) in [6.07, 6.45) is 8.28. The molecule has 0 fully saturated rings. The maximum absolute atomic E-state index is 4.37. The van der Waals surface area contributed by atoms with Crippen molar-refractivity contribution in [2.75, 3.05) is 0 Å². The van der Waals surface area contributed by atoms with Crippen molar-refractivity contribution in [3.05, 3.63) is 23.4 Å². The molecule has 12 heavy (non-hydrogen) atoms. The Morgan fingerprint density at radius 3 is 2.42 bits per heavy atom. The molecule has 0 aromatic heterocycles. The lowest BCUT2D eigenvalue weighted by molar-refractivity contribution is 1.01. The molecule has 0 aromatic carbocycles. The van der Waals surface area contributed by atoms with Gasteiger partial charge in [-0.15, -0.1) is 0 Å². The summed E-state index contributed by atoms with van der Waals surface area (Å²) >= 11 is 0. The van der Waals surface area contributed by atoms with Gasteiger partial charge in [0.15, 0.2) is 0 Å². The molecule has 0 saturated heterocycles. The van der Waals surface area contributed by atoms with Crippen molar-refractivity contribution in [1.29, 1.82) is 0 Å². The molecular formula is C11H19N. The quantitative estimate of drug-likeness (QED) is 0.444. The fraction of sp³-hybridized carbons (Fsp3) is 0.545. The van der Waals surface area contributed by atoms with Crippen molar-refractivity contribution in [1.82, 2.24) is 0 Å². The average Bonchev–Trinajstić information content (AvgIpc) is 2.03. The van der Waals surface area contributed by atoms with Gasteiger partial charge < -0.3 is 0 Å². The molecule has 1 heteroatoms. The van der Waals surface area contributed by atoms with Gasteiger partial charge in [0.05, 0.1) is 5.70 Å². The monoisotopic (exact) mass is 165 g/mol. The van der Waals surface area contributed by atoms with Gasteiger partial charge in [0.1, 0.15) is 0 Å². The van der Waals surface area contributed by atoms with Crippen LogP contribution in [0.3, 0.4) is 0 Å². The van der Waals surface area contributed by atoms with E-state index < -0.39 is 0 Å². The van der Waals surface area contributed by atoms with Gasteiger partial charge in [-0.05, 0) is 33.3 Å². The summed E-state index contributed by atoms with van der Waals surface area (Å²) in [5, 5.41) is 0. The van der Waals surface area contributed by atoms with Gasteiger partial charge in [0.2, 0.25) is 0 Å². The van der Waals surface area contributed by atoms with Crippen LogP contribution in [0, 0.1) is 0 Å². The molecule has 0 bridgehead atoms. The second-order valence-corrected chi connectivity index (χ2v) is 2.99. The molecule has 0 aromatic rings. The second kappa shape index (κ2) is 6.84. The number of hydrogen-bond donors (Lipinski definition) is 0. The van der Waals surface area contributed by atoms with Crippen LogP contribution in [0.15, 0.2) is 28.4 Å². The largest absolute Gasteiger partial charge is 0.261 e. The summed E-state index contributed by atoms with van der Waals surface area (Å²) in [6, 6.07) is 0. The van der Waals surface area contributed by atoms with Crippen molar-refractivity contribution in [3.63, 3.8) is 0 Å². The molecule has 0 aliphatic carbocycles. The Morgan fingerprint density at radius 2 is 2.00 bits per heavy atom. The van der Waals surface area contributed by atoms with Crippen LogP contribution in [0.4, 0.5) is 0 Å². The Balaban J connectivity index is 4.25. The SMILES string of the molecule is CC=CC(N=CCCC)=C(C)C. The molecule has 0 N–H and O–H groups in total. The third kappa shape index (κ3) is 4.89. The summed E-state index contributed by atoms with van der Waals surface area (Å²) in [6.45, 7) is 8.33. The van der Waals surface area contributed by atoms with Gasteiger partial charge in [-0.25, -0.2) is 0 Å². The van der Waals surface area contributed by atoms with Gasteiger partial charge in [-0.3, -0.25) is 4.99 Å².